The highest BCUT2D eigenvalue weighted by Crippen LogP contribution is 2.58. The first kappa shape index (κ1) is 26.1. The van der Waals surface area contributed by atoms with Crippen molar-refractivity contribution in [1.29, 1.82) is 0 Å². The van der Waals surface area contributed by atoms with Crippen molar-refractivity contribution in [1.82, 2.24) is 0 Å². The van der Waals surface area contributed by atoms with Crippen LogP contribution in [0.5, 0.6) is 0 Å². The number of rotatable bonds is 9. The lowest BCUT2D eigenvalue weighted by atomic mass is 10.2. The molecule has 0 N–H and O–H groups in total. The van der Waals surface area contributed by atoms with E-state index in [9.17, 15) is 0 Å². The normalized spacial score (nSPS) is 10.6. The van der Waals surface area contributed by atoms with Crippen LogP contribution in [0.1, 0.15) is 39.5 Å². The highest BCUT2D eigenvalue weighted by Gasteiger charge is 2.26. The van der Waals surface area contributed by atoms with Gasteiger partial charge in [0.15, 0.2) is 0 Å². The molecule has 0 amide bonds. The van der Waals surface area contributed by atoms with E-state index in [1.54, 1.807) is 0 Å². The molecule has 0 fully saturated rings. The Hall–Kier alpha value is -2.52. The summed E-state index contributed by atoms with van der Waals surface area (Å²) in [5.74, 6) is 0. The Balaban J connectivity index is 0.000000481. The molecule has 4 aromatic carbocycles. The van der Waals surface area contributed by atoms with Gasteiger partial charge in [-0.25, -0.2) is 0 Å². The van der Waals surface area contributed by atoms with E-state index in [0.717, 1.165) is 0 Å². The van der Waals surface area contributed by atoms with Crippen LogP contribution in [0.3, 0.4) is 0 Å². The van der Waals surface area contributed by atoms with Crippen LogP contribution in [0.15, 0.2) is 133 Å². The molecule has 4 aromatic rings. The van der Waals surface area contributed by atoms with E-state index in [1.807, 2.05) is 0 Å². The molecule has 4 rings (SSSR count). The molecular formula is C32H36P2. The van der Waals surface area contributed by atoms with E-state index in [0.29, 0.717) is 0 Å². The third-order valence-electron chi connectivity index (χ3n) is 5.53. The summed E-state index contributed by atoms with van der Waals surface area (Å²) in [5, 5.41) is 6.74. The van der Waals surface area contributed by atoms with Crippen molar-refractivity contribution in [2.24, 2.45) is 0 Å². The molecule has 0 spiro atoms. The summed E-state index contributed by atoms with van der Waals surface area (Å²) in [6, 6.07) is 43.4. The van der Waals surface area contributed by atoms with E-state index in [1.165, 1.54) is 52.0 Å². The van der Waals surface area contributed by atoms with Gasteiger partial charge >= 0.3 is 0 Å². The standard InChI is InChI=1S/C26H22P2.C6H14/c1-22(27(23-14-6-2-7-15-23)24-16-8-3-9-17-24)28(25-18-10-4-11-19-25)26-20-12-5-13-21-26;1-3-5-6-4-2/h2-21H,1H2;3-6H2,1-2H3. The third-order valence-corrected chi connectivity index (χ3v) is 11.0. The maximum absolute atomic E-state index is 4.72. The zero-order valence-electron chi connectivity index (χ0n) is 20.5. The molecule has 174 valence electrons. The lowest BCUT2D eigenvalue weighted by Gasteiger charge is -2.29. The van der Waals surface area contributed by atoms with E-state index < -0.39 is 15.8 Å². The van der Waals surface area contributed by atoms with Crippen LogP contribution in [0.2, 0.25) is 0 Å². The van der Waals surface area contributed by atoms with Gasteiger partial charge in [-0.15, -0.1) is 0 Å². The molecule has 0 radical (unpaired) electrons. The molecule has 0 unspecified atom stereocenters. The van der Waals surface area contributed by atoms with Gasteiger partial charge in [-0.1, -0.05) is 167 Å². The fourth-order valence-electron chi connectivity index (χ4n) is 3.80. The monoisotopic (exact) mass is 482 g/mol. The minimum Gasteiger partial charge on any atom is -0.0895 e. The summed E-state index contributed by atoms with van der Waals surface area (Å²) in [5.41, 5.74) is 0. The lowest BCUT2D eigenvalue weighted by Crippen LogP contribution is -2.18. The molecule has 34 heavy (non-hydrogen) atoms. The van der Waals surface area contributed by atoms with Gasteiger partial charge in [-0.2, -0.15) is 0 Å². The van der Waals surface area contributed by atoms with Crippen molar-refractivity contribution in [3.05, 3.63) is 133 Å². The van der Waals surface area contributed by atoms with Crippen molar-refractivity contribution in [3.63, 3.8) is 0 Å². The summed E-state index contributed by atoms with van der Waals surface area (Å²) < 4.78 is 0. The molecule has 0 aliphatic carbocycles. The van der Waals surface area contributed by atoms with Crippen LogP contribution in [0.25, 0.3) is 0 Å². The molecule has 0 atom stereocenters. The van der Waals surface area contributed by atoms with Gasteiger partial charge in [0.05, 0.1) is 0 Å². The van der Waals surface area contributed by atoms with Crippen molar-refractivity contribution in [2.75, 3.05) is 0 Å². The predicted octanol–water partition coefficient (Wildman–Crippen LogP) is 8.31. The van der Waals surface area contributed by atoms with Crippen LogP contribution in [-0.4, -0.2) is 0 Å². The van der Waals surface area contributed by atoms with Gasteiger partial charge in [-0.3, -0.25) is 0 Å². The Morgan fingerprint density at radius 2 is 0.706 bits per heavy atom. The molecular weight excluding hydrogens is 446 g/mol. The van der Waals surface area contributed by atoms with Crippen LogP contribution in [0, 0.1) is 0 Å². The van der Waals surface area contributed by atoms with Crippen molar-refractivity contribution >= 4 is 37.1 Å². The molecule has 0 saturated carbocycles. The number of unbranched alkanes of at least 4 members (excludes halogenated alkanes) is 3. The quantitative estimate of drug-likeness (QED) is 0.166. The number of benzene rings is 4. The molecule has 2 heteroatoms. The average molecular weight is 483 g/mol. The summed E-state index contributed by atoms with van der Waals surface area (Å²) in [6.45, 7) is 9.18. The zero-order valence-corrected chi connectivity index (χ0v) is 22.3. The lowest BCUT2D eigenvalue weighted by molar-refractivity contribution is 0.702. The zero-order chi connectivity index (χ0) is 24.0. The van der Waals surface area contributed by atoms with Gasteiger partial charge in [0.25, 0.3) is 0 Å². The summed E-state index contributed by atoms with van der Waals surface area (Å²) >= 11 is 0. The van der Waals surface area contributed by atoms with E-state index >= 15 is 0 Å². The Morgan fingerprint density at radius 3 is 0.912 bits per heavy atom. The van der Waals surface area contributed by atoms with E-state index in [-0.39, 0.29) is 0 Å². The fraction of sp³-hybridized carbons (Fsp3) is 0.188. The smallest absolute Gasteiger partial charge is 0.0118 e. The van der Waals surface area contributed by atoms with E-state index in [4.69, 9.17) is 6.58 Å². The molecule has 0 nitrogen and oxygen atoms in total. The van der Waals surface area contributed by atoms with Crippen LogP contribution < -0.4 is 21.2 Å². The largest absolute Gasteiger partial charge is 0.0895 e. The summed E-state index contributed by atoms with van der Waals surface area (Å²) in [7, 11) is -1.33. The van der Waals surface area contributed by atoms with Crippen molar-refractivity contribution < 1.29 is 0 Å². The second-order valence-corrected chi connectivity index (χ2v) is 13.0. The first-order valence-electron chi connectivity index (χ1n) is 12.3. The highest BCUT2D eigenvalue weighted by atomic mass is 31.2. The van der Waals surface area contributed by atoms with Gasteiger partial charge in [0.2, 0.25) is 0 Å². The summed E-state index contributed by atoms with van der Waals surface area (Å²) in [4.78, 5) is 0. The van der Waals surface area contributed by atoms with Crippen LogP contribution in [-0.2, 0) is 0 Å². The van der Waals surface area contributed by atoms with Gasteiger partial charge in [0.1, 0.15) is 0 Å². The molecule has 0 aromatic heterocycles. The van der Waals surface area contributed by atoms with Gasteiger partial charge in [-0.05, 0) is 42.1 Å². The number of hydrogen-bond donors (Lipinski definition) is 0. The average Bonchev–Trinajstić information content (AvgIpc) is 2.91. The Morgan fingerprint density at radius 1 is 0.471 bits per heavy atom. The highest BCUT2D eigenvalue weighted by molar-refractivity contribution is 7.94. The first-order chi connectivity index (χ1) is 16.8. The summed E-state index contributed by atoms with van der Waals surface area (Å²) in [6.07, 6.45) is 5.54. The first-order valence-corrected chi connectivity index (χ1v) is 14.9. The Kier molecular flexibility index (Phi) is 11.3. The second-order valence-electron chi connectivity index (χ2n) is 8.14. The topological polar surface area (TPSA) is 0 Å². The van der Waals surface area contributed by atoms with Crippen LogP contribution in [0.4, 0.5) is 0 Å². The second kappa shape index (κ2) is 14.7. The SMILES string of the molecule is C=C(P(c1ccccc1)c1ccccc1)P(c1ccccc1)c1ccccc1.CCCCCC. The predicted molar refractivity (Wildman–Crippen MR) is 157 cm³/mol. The van der Waals surface area contributed by atoms with E-state index in [2.05, 4.69) is 135 Å². The molecule has 0 saturated heterocycles. The van der Waals surface area contributed by atoms with Crippen LogP contribution >= 0.6 is 15.8 Å². The maximum atomic E-state index is 4.72. The third kappa shape index (κ3) is 7.50. The molecule has 0 bridgehead atoms. The molecule has 0 aliphatic rings. The van der Waals surface area contributed by atoms with Gasteiger partial charge in [0, 0.05) is 0 Å². The van der Waals surface area contributed by atoms with Crippen molar-refractivity contribution in [3.8, 4) is 0 Å². The maximum Gasteiger partial charge on any atom is -0.0118 e. The van der Waals surface area contributed by atoms with Gasteiger partial charge < -0.3 is 0 Å². The molecule has 0 heterocycles. The minimum absolute atomic E-state index is 0.664. The minimum atomic E-state index is -0.664. The Labute approximate surface area is 209 Å². The number of hydrogen-bond acceptors (Lipinski definition) is 0. The van der Waals surface area contributed by atoms with Crippen molar-refractivity contribution in [2.45, 2.75) is 39.5 Å². The Bertz CT molecular complexity index is 909. The molecule has 0 aliphatic heterocycles. The fourth-order valence-corrected chi connectivity index (χ4v) is 9.66.